The highest BCUT2D eigenvalue weighted by Gasteiger charge is 2.08. The molecule has 1 atom stereocenters. The van der Waals surface area contributed by atoms with Gasteiger partial charge >= 0.3 is 0 Å². The number of methoxy groups -OCH3 is 1. The molecule has 2 heteroatoms. The van der Waals surface area contributed by atoms with Crippen LogP contribution < -0.4 is 5.32 Å². The summed E-state index contributed by atoms with van der Waals surface area (Å²) in [5, 5.41) is 3.52. The fraction of sp³-hybridized carbons (Fsp3) is 0.412. The predicted octanol–water partition coefficient (Wildman–Crippen LogP) is 3.45. The van der Waals surface area contributed by atoms with E-state index in [4.69, 9.17) is 4.74 Å². The molecule has 0 fully saturated rings. The van der Waals surface area contributed by atoms with E-state index in [9.17, 15) is 0 Å². The van der Waals surface area contributed by atoms with Gasteiger partial charge in [0.05, 0.1) is 7.11 Å². The molecule has 0 amide bonds. The molecule has 1 aliphatic rings. The Morgan fingerprint density at radius 2 is 1.95 bits per heavy atom. The van der Waals surface area contributed by atoms with Gasteiger partial charge in [-0.05, 0) is 42.0 Å². The van der Waals surface area contributed by atoms with Crippen LogP contribution >= 0.6 is 0 Å². The second-order valence-electron chi connectivity index (χ2n) is 4.97. The third-order valence-corrected chi connectivity index (χ3v) is 3.56. The molecule has 0 saturated heterocycles. The van der Waals surface area contributed by atoms with Crippen LogP contribution in [0, 0.1) is 5.92 Å². The number of ether oxygens (including phenoxy) is 1. The summed E-state index contributed by atoms with van der Waals surface area (Å²) in [5.74, 6) is 1.56. The first-order valence-electron chi connectivity index (χ1n) is 7.02. The number of nitrogens with one attached hydrogen (secondary N) is 1. The van der Waals surface area contributed by atoms with Crippen LogP contribution in [0.25, 0.3) is 0 Å². The van der Waals surface area contributed by atoms with Crippen LogP contribution in [0.5, 0.6) is 0 Å². The minimum atomic E-state index is 0.578. The van der Waals surface area contributed by atoms with Crippen LogP contribution in [0.3, 0.4) is 0 Å². The Morgan fingerprint density at radius 3 is 2.53 bits per heavy atom. The van der Waals surface area contributed by atoms with Gasteiger partial charge in [-0.1, -0.05) is 37.3 Å². The van der Waals surface area contributed by atoms with Crippen molar-refractivity contribution in [1.29, 1.82) is 0 Å². The van der Waals surface area contributed by atoms with E-state index < -0.39 is 0 Å². The zero-order chi connectivity index (χ0) is 13.5. The first-order valence-corrected chi connectivity index (χ1v) is 7.02. The van der Waals surface area contributed by atoms with E-state index in [1.165, 1.54) is 11.1 Å². The van der Waals surface area contributed by atoms with Crippen molar-refractivity contribution in [2.75, 3.05) is 13.7 Å². The van der Waals surface area contributed by atoms with Crippen LogP contribution in [0.1, 0.15) is 24.5 Å². The first kappa shape index (κ1) is 13.9. The van der Waals surface area contributed by atoms with Gasteiger partial charge in [0.1, 0.15) is 5.76 Å². The topological polar surface area (TPSA) is 21.3 Å². The van der Waals surface area contributed by atoms with Crippen molar-refractivity contribution in [3.63, 3.8) is 0 Å². The molecule has 2 nitrogen and oxygen atoms in total. The van der Waals surface area contributed by atoms with Crippen LogP contribution in [-0.2, 0) is 17.7 Å². The van der Waals surface area contributed by atoms with E-state index in [1.807, 2.05) is 0 Å². The number of hydrogen-bond donors (Lipinski definition) is 1. The van der Waals surface area contributed by atoms with Gasteiger partial charge in [-0.3, -0.25) is 0 Å². The molecule has 0 aliphatic heterocycles. The Labute approximate surface area is 116 Å². The highest BCUT2D eigenvalue weighted by Crippen LogP contribution is 2.16. The maximum atomic E-state index is 5.19. The third-order valence-electron chi connectivity index (χ3n) is 3.56. The molecule has 1 aromatic carbocycles. The normalized spacial score (nSPS) is 18.2. The molecule has 0 saturated carbocycles. The van der Waals surface area contributed by atoms with E-state index in [0.717, 1.165) is 31.7 Å². The maximum absolute atomic E-state index is 5.19. The van der Waals surface area contributed by atoms with Gasteiger partial charge in [0, 0.05) is 13.1 Å². The molecule has 2 rings (SSSR count). The molecule has 1 aliphatic carbocycles. The summed E-state index contributed by atoms with van der Waals surface area (Å²) < 4.78 is 5.19. The number of benzene rings is 1. The SMILES string of the molecule is CCc1ccc(CNCC2C=CC(OC)=CC2)cc1. The van der Waals surface area contributed by atoms with Crippen molar-refractivity contribution < 1.29 is 4.74 Å². The predicted molar refractivity (Wildman–Crippen MR) is 79.9 cm³/mol. The van der Waals surface area contributed by atoms with Gasteiger partial charge in [0.2, 0.25) is 0 Å². The Balaban J connectivity index is 1.72. The summed E-state index contributed by atoms with van der Waals surface area (Å²) in [6.07, 6.45) is 8.61. The number of aryl methyl sites for hydroxylation is 1. The zero-order valence-electron chi connectivity index (χ0n) is 11.9. The standard InChI is InChI=1S/C17H23NO/c1-3-14-4-6-15(7-5-14)12-18-13-16-8-10-17(19-2)11-9-16/h4-8,10-11,16,18H,3,9,12-13H2,1-2H3. The average Bonchev–Trinajstić information content (AvgIpc) is 2.49. The Bertz CT molecular complexity index is 445. The minimum absolute atomic E-state index is 0.578. The monoisotopic (exact) mass is 257 g/mol. The first-order chi connectivity index (χ1) is 9.31. The van der Waals surface area contributed by atoms with E-state index >= 15 is 0 Å². The Morgan fingerprint density at radius 1 is 1.21 bits per heavy atom. The van der Waals surface area contributed by atoms with Crippen LogP contribution in [-0.4, -0.2) is 13.7 Å². The van der Waals surface area contributed by atoms with Gasteiger partial charge in [-0.15, -0.1) is 0 Å². The maximum Gasteiger partial charge on any atom is 0.114 e. The fourth-order valence-electron chi connectivity index (χ4n) is 2.24. The number of rotatable bonds is 6. The van der Waals surface area contributed by atoms with Crippen molar-refractivity contribution in [3.8, 4) is 0 Å². The molecule has 19 heavy (non-hydrogen) atoms. The van der Waals surface area contributed by atoms with Gasteiger partial charge in [0.15, 0.2) is 0 Å². The van der Waals surface area contributed by atoms with Crippen molar-refractivity contribution >= 4 is 0 Å². The Hall–Kier alpha value is -1.54. The van der Waals surface area contributed by atoms with Crippen molar-refractivity contribution in [3.05, 3.63) is 59.4 Å². The molecule has 1 aromatic rings. The van der Waals surface area contributed by atoms with Gasteiger partial charge < -0.3 is 10.1 Å². The van der Waals surface area contributed by atoms with Crippen LogP contribution in [0.15, 0.2) is 48.3 Å². The lowest BCUT2D eigenvalue weighted by molar-refractivity contribution is 0.301. The third kappa shape index (κ3) is 4.25. The van der Waals surface area contributed by atoms with E-state index in [-0.39, 0.29) is 0 Å². The highest BCUT2D eigenvalue weighted by atomic mass is 16.5. The van der Waals surface area contributed by atoms with Crippen molar-refractivity contribution in [2.45, 2.75) is 26.3 Å². The van der Waals surface area contributed by atoms with E-state index in [2.05, 4.69) is 54.7 Å². The average molecular weight is 257 g/mol. The van der Waals surface area contributed by atoms with Crippen molar-refractivity contribution in [1.82, 2.24) is 5.32 Å². The Kier molecular flexibility index (Phi) is 5.22. The number of hydrogen-bond acceptors (Lipinski definition) is 2. The molecule has 0 spiro atoms. The summed E-state index contributed by atoms with van der Waals surface area (Å²) in [6, 6.07) is 8.85. The second kappa shape index (κ2) is 7.15. The zero-order valence-corrected chi connectivity index (χ0v) is 11.9. The molecule has 1 unspecified atom stereocenters. The summed E-state index contributed by atoms with van der Waals surface area (Å²) in [5.41, 5.74) is 2.75. The van der Waals surface area contributed by atoms with Gasteiger partial charge in [-0.25, -0.2) is 0 Å². The molecule has 0 bridgehead atoms. The van der Waals surface area contributed by atoms with E-state index in [0.29, 0.717) is 5.92 Å². The molecular formula is C17H23NO. The number of allylic oxidation sites excluding steroid dienone is 2. The lowest BCUT2D eigenvalue weighted by Gasteiger charge is -2.16. The van der Waals surface area contributed by atoms with Gasteiger partial charge in [0.25, 0.3) is 0 Å². The summed E-state index contributed by atoms with van der Waals surface area (Å²) in [6.45, 7) is 4.14. The quantitative estimate of drug-likeness (QED) is 0.843. The largest absolute Gasteiger partial charge is 0.497 e. The molecule has 0 heterocycles. The van der Waals surface area contributed by atoms with Gasteiger partial charge in [-0.2, -0.15) is 0 Å². The summed E-state index contributed by atoms with van der Waals surface area (Å²) >= 11 is 0. The molecule has 1 N–H and O–H groups in total. The summed E-state index contributed by atoms with van der Waals surface area (Å²) in [7, 11) is 1.72. The summed E-state index contributed by atoms with van der Waals surface area (Å²) in [4.78, 5) is 0. The van der Waals surface area contributed by atoms with Crippen LogP contribution in [0.2, 0.25) is 0 Å². The fourth-order valence-corrected chi connectivity index (χ4v) is 2.24. The molecule has 0 radical (unpaired) electrons. The highest BCUT2D eigenvalue weighted by molar-refractivity contribution is 5.22. The smallest absolute Gasteiger partial charge is 0.114 e. The lowest BCUT2D eigenvalue weighted by atomic mass is 10.00. The second-order valence-corrected chi connectivity index (χ2v) is 4.97. The molecular weight excluding hydrogens is 234 g/mol. The van der Waals surface area contributed by atoms with E-state index in [1.54, 1.807) is 7.11 Å². The lowest BCUT2D eigenvalue weighted by Crippen LogP contribution is -2.22. The molecule has 102 valence electrons. The molecule has 0 aromatic heterocycles. The minimum Gasteiger partial charge on any atom is -0.497 e. The van der Waals surface area contributed by atoms with Crippen molar-refractivity contribution in [2.24, 2.45) is 5.92 Å². The van der Waals surface area contributed by atoms with Crippen LogP contribution in [0.4, 0.5) is 0 Å².